The molecule has 0 amide bonds. The maximum Gasteiger partial charge on any atom is 0.216 e. The summed E-state index contributed by atoms with van der Waals surface area (Å²) < 4.78 is 5.90. The highest BCUT2D eigenvalue weighted by molar-refractivity contribution is 5.98. The lowest BCUT2D eigenvalue weighted by atomic mass is 9.89. The number of allylic oxidation sites excluding steroid dienone is 3. The fourth-order valence-electron chi connectivity index (χ4n) is 5.15. The van der Waals surface area contributed by atoms with Gasteiger partial charge in [0, 0.05) is 61.1 Å². The topological polar surface area (TPSA) is 82.6 Å². The van der Waals surface area contributed by atoms with Gasteiger partial charge in [0.15, 0.2) is 5.82 Å². The number of carbonyl (C=O) groups excluding carboxylic acids is 1. The van der Waals surface area contributed by atoms with Crippen molar-refractivity contribution in [3.8, 4) is 5.88 Å². The largest absolute Gasteiger partial charge is 0.478 e. The summed E-state index contributed by atoms with van der Waals surface area (Å²) in [5, 5.41) is 7.50. The van der Waals surface area contributed by atoms with Crippen molar-refractivity contribution < 1.29 is 9.53 Å². The number of ether oxygens (including phenoxy) is 1. The fraction of sp³-hybridized carbons (Fsp3) is 0.552. The fourth-order valence-corrected chi connectivity index (χ4v) is 5.15. The van der Waals surface area contributed by atoms with Gasteiger partial charge in [-0.3, -0.25) is 4.79 Å². The van der Waals surface area contributed by atoms with Crippen molar-refractivity contribution in [1.29, 1.82) is 0 Å². The number of anilines is 2. The molecule has 8 nitrogen and oxygen atoms in total. The van der Waals surface area contributed by atoms with Crippen LogP contribution in [-0.2, 0) is 4.79 Å². The van der Waals surface area contributed by atoms with Crippen LogP contribution in [0.15, 0.2) is 41.2 Å². The lowest BCUT2D eigenvalue weighted by molar-refractivity contribution is -0.104. The van der Waals surface area contributed by atoms with Gasteiger partial charge in [-0.25, -0.2) is 9.97 Å². The van der Waals surface area contributed by atoms with Gasteiger partial charge in [0.25, 0.3) is 0 Å². The smallest absolute Gasteiger partial charge is 0.216 e. The summed E-state index contributed by atoms with van der Waals surface area (Å²) >= 11 is 0. The Labute approximate surface area is 222 Å². The Kier molecular flexibility index (Phi) is 10.3. The lowest BCUT2D eigenvalue weighted by Crippen LogP contribution is -2.42. The molecule has 0 radical (unpaired) electrons. The first-order valence-electron chi connectivity index (χ1n) is 13.4. The molecule has 0 aromatic carbocycles. The number of rotatable bonds is 12. The summed E-state index contributed by atoms with van der Waals surface area (Å²) in [5.74, 6) is 1.24. The van der Waals surface area contributed by atoms with Gasteiger partial charge in [-0.05, 0) is 85.2 Å². The van der Waals surface area contributed by atoms with E-state index in [0.29, 0.717) is 42.5 Å². The molecule has 2 heterocycles. The van der Waals surface area contributed by atoms with Gasteiger partial charge in [-0.2, -0.15) is 0 Å². The summed E-state index contributed by atoms with van der Waals surface area (Å²) in [6.07, 6.45) is 9.40. The Bertz CT molecular complexity index is 1120. The summed E-state index contributed by atoms with van der Waals surface area (Å²) in [7, 11) is 6.23. The molecule has 1 aliphatic carbocycles. The maximum atomic E-state index is 11.8. The molecule has 2 aromatic rings. The van der Waals surface area contributed by atoms with Crippen LogP contribution >= 0.6 is 0 Å². The maximum absolute atomic E-state index is 11.8. The second kappa shape index (κ2) is 13.4. The first kappa shape index (κ1) is 28.4. The number of pyridine rings is 2. The predicted octanol–water partition coefficient (Wildman–Crippen LogP) is 4.78. The first-order chi connectivity index (χ1) is 17.8. The van der Waals surface area contributed by atoms with Crippen molar-refractivity contribution in [1.82, 2.24) is 20.2 Å². The molecular formula is C29H44N6O2. The molecule has 2 aromatic heterocycles. The van der Waals surface area contributed by atoms with Gasteiger partial charge in [-0.1, -0.05) is 0 Å². The van der Waals surface area contributed by atoms with E-state index < -0.39 is 0 Å². The zero-order valence-electron chi connectivity index (χ0n) is 23.6. The number of aldehydes is 1. The number of carbonyl (C=O) groups is 1. The third kappa shape index (κ3) is 7.01. The molecule has 0 atom stereocenters. The molecule has 202 valence electrons. The molecule has 0 aliphatic heterocycles. The van der Waals surface area contributed by atoms with Crippen LogP contribution in [0.4, 0.5) is 11.5 Å². The normalized spacial score (nSPS) is 19.0. The Morgan fingerprint density at radius 3 is 2.46 bits per heavy atom. The van der Waals surface area contributed by atoms with E-state index in [-0.39, 0.29) is 0 Å². The molecule has 1 aliphatic rings. The Morgan fingerprint density at radius 1 is 1.16 bits per heavy atom. The Morgan fingerprint density at radius 2 is 1.86 bits per heavy atom. The van der Waals surface area contributed by atoms with Crippen molar-refractivity contribution in [3.63, 3.8) is 0 Å². The standard InChI is InChI=1S/C29H44N6O2/c1-8-35(24-12-10-23(11-13-24)34(6)7)26-17-27(37-9-2)33-28-25(26)14-15-31-29(28)32-18-22(19-36)20(3)16-21(4)30-5/h14-17,19,23-24,30H,8-13,18H2,1-7H3,(H,31,32)/b21-16-,22-20-. The molecule has 0 saturated heterocycles. The molecule has 2 N–H and O–H groups in total. The van der Waals surface area contributed by atoms with Crippen molar-refractivity contribution in [3.05, 3.63) is 41.2 Å². The average molecular weight is 509 g/mol. The van der Waals surface area contributed by atoms with Crippen LogP contribution in [0.25, 0.3) is 10.9 Å². The quantitative estimate of drug-likeness (QED) is 0.241. The minimum absolute atomic E-state index is 0.358. The second-order valence-electron chi connectivity index (χ2n) is 9.94. The molecule has 37 heavy (non-hydrogen) atoms. The molecule has 0 unspecified atom stereocenters. The summed E-state index contributed by atoms with van der Waals surface area (Å²) in [4.78, 5) is 26.1. The van der Waals surface area contributed by atoms with Gasteiger partial charge in [0.2, 0.25) is 5.88 Å². The minimum atomic E-state index is 0.358. The van der Waals surface area contributed by atoms with E-state index in [1.54, 1.807) is 0 Å². The average Bonchev–Trinajstić information content (AvgIpc) is 2.90. The number of hydrogen-bond donors (Lipinski definition) is 2. The van der Waals surface area contributed by atoms with E-state index in [2.05, 4.69) is 52.5 Å². The van der Waals surface area contributed by atoms with Gasteiger partial charge < -0.3 is 25.2 Å². The third-order valence-electron chi connectivity index (χ3n) is 7.38. The van der Waals surface area contributed by atoms with Gasteiger partial charge >= 0.3 is 0 Å². The van der Waals surface area contributed by atoms with Gasteiger partial charge in [-0.15, -0.1) is 0 Å². The summed E-state index contributed by atoms with van der Waals surface area (Å²) in [6.45, 7) is 9.90. The Hall–Kier alpha value is -3.13. The number of nitrogens with one attached hydrogen (secondary N) is 2. The molecule has 8 heteroatoms. The second-order valence-corrected chi connectivity index (χ2v) is 9.94. The molecule has 1 saturated carbocycles. The van der Waals surface area contributed by atoms with Crippen molar-refractivity contribution in [2.24, 2.45) is 0 Å². The SMILES string of the molecule is CCOc1cc(N(CC)C2CCC(N(C)C)CC2)c2ccnc(NC/C(C=O)=C(C)/C=C(/C)NC)c2n1. The highest BCUT2D eigenvalue weighted by Gasteiger charge is 2.28. The molecular weight excluding hydrogens is 464 g/mol. The van der Waals surface area contributed by atoms with E-state index in [4.69, 9.17) is 9.72 Å². The van der Waals surface area contributed by atoms with E-state index >= 15 is 0 Å². The highest BCUT2D eigenvalue weighted by Crippen LogP contribution is 2.36. The minimum Gasteiger partial charge on any atom is -0.478 e. The number of aromatic nitrogens is 2. The molecule has 0 spiro atoms. The number of fused-ring (bicyclic) bond motifs is 1. The van der Waals surface area contributed by atoms with Crippen molar-refractivity contribution >= 4 is 28.7 Å². The summed E-state index contributed by atoms with van der Waals surface area (Å²) in [6, 6.07) is 5.23. The number of nitrogens with zero attached hydrogens (tertiary/aromatic N) is 4. The van der Waals surface area contributed by atoms with Crippen LogP contribution in [0.5, 0.6) is 5.88 Å². The lowest BCUT2D eigenvalue weighted by Gasteiger charge is -2.40. The van der Waals surface area contributed by atoms with Crippen molar-refractivity contribution in [2.45, 2.75) is 65.5 Å². The van der Waals surface area contributed by atoms with Crippen LogP contribution in [0.3, 0.4) is 0 Å². The Balaban J connectivity index is 1.98. The molecule has 0 bridgehead atoms. The third-order valence-corrected chi connectivity index (χ3v) is 7.38. The van der Waals surface area contributed by atoms with Crippen LogP contribution in [0, 0.1) is 0 Å². The van der Waals surface area contributed by atoms with Crippen LogP contribution < -0.4 is 20.3 Å². The van der Waals surface area contributed by atoms with E-state index in [1.165, 1.54) is 12.8 Å². The van der Waals surface area contributed by atoms with E-state index in [0.717, 1.165) is 53.5 Å². The van der Waals surface area contributed by atoms with Gasteiger partial charge in [0.05, 0.1) is 12.3 Å². The molecule has 1 fully saturated rings. The highest BCUT2D eigenvalue weighted by atomic mass is 16.5. The predicted molar refractivity (Wildman–Crippen MR) is 154 cm³/mol. The molecule has 3 rings (SSSR count). The summed E-state index contributed by atoms with van der Waals surface area (Å²) in [5.41, 5.74) is 4.46. The van der Waals surface area contributed by atoms with Gasteiger partial charge in [0.1, 0.15) is 11.8 Å². The number of hydrogen-bond acceptors (Lipinski definition) is 8. The zero-order valence-corrected chi connectivity index (χ0v) is 23.6. The monoisotopic (exact) mass is 508 g/mol. The van der Waals surface area contributed by atoms with Crippen molar-refractivity contribution in [2.75, 3.05) is 51.1 Å². The van der Waals surface area contributed by atoms with Crippen LogP contribution in [-0.4, -0.2) is 74.1 Å². The van der Waals surface area contributed by atoms with E-state index in [9.17, 15) is 4.79 Å². The van der Waals surface area contributed by atoms with Crippen LogP contribution in [0.1, 0.15) is 53.4 Å². The first-order valence-corrected chi connectivity index (χ1v) is 13.4. The van der Waals surface area contributed by atoms with Crippen LogP contribution in [0.2, 0.25) is 0 Å². The van der Waals surface area contributed by atoms with E-state index in [1.807, 2.05) is 46.2 Å². The zero-order chi connectivity index (χ0) is 26.9.